The fourth-order valence-corrected chi connectivity index (χ4v) is 2.17. The zero-order chi connectivity index (χ0) is 13.4. The van der Waals surface area contributed by atoms with Gasteiger partial charge in [-0.25, -0.2) is 13.8 Å². The fraction of sp³-hybridized carbons (Fsp3) is 0.0625. The van der Waals surface area contributed by atoms with E-state index in [2.05, 4.69) is 4.98 Å². The molecule has 0 radical (unpaired) electrons. The molecule has 2 aromatic carbocycles. The average molecular weight is 255 g/mol. The summed E-state index contributed by atoms with van der Waals surface area (Å²) in [5, 5.41) is 0.638. The van der Waals surface area contributed by atoms with Gasteiger partial charge < -0.3 is 0 Å². The lowest BCUT2D eigenvalue weighted by molar-refractivity contribution is 0.617. The number of fused-ring (bicyclic) bond motifs is 1. The van der Waals surface area contributed by atoms with Gasteiger partial charge >= 0.3 is 0 Å². The zero-order valence-electron chi connectivity index (χ0n) is 10.3. The molecule has 1 heterocycles. The van der Waals surface area contributed by atoms with Crippen LogP contribution in [0.4, 0.5) is 8.78 Å². The molecule has 0 saturated heterocycles. The molecule has 0 unspecified atom stereocenters. The Morgan fingerprint density at radius 3 is 2.42 bits per heavy atom. The summed E-state index contributed by atoms with van der Waals surface area (Å²) < 4.78 is 27.6. The van der Waals surface area contributed by atoms with Crippen LogP contribution in [0, 0.1) is 18.6 Å². The minimum atomic E-state index is -0.370. The number of pyridine rings is 1. The van der Waals surface area contributed by atoms with Gasteiger partial charge in [-0.3, -0.25) is 0 Å². The van der Waals surface area contributed by atoms with E-state index in [4.69, 9.17) is 0 Å². The number of hydrogen-bond donors (Lipinski definition) is 0. The Hall–Kier alpha value is -2.29. The first-order valence-corrected chi connectivity index (χ1v) is 5.97. The summed E-state index contributed by atoms with van der Waals surface area (Å²) in [5.41, 5.74) is 1.91. The molecule has 0 spiro atoms. The van der Waals surface area contributed by atoms with Gasteiger partial charge in [0.1, 0.15) is 11.5 Å². The minimum Gasteiger partial charge on any atom is -0.245 e. The molecule has 3 rings (SSSR count). The van der Waals surface area contributed by atoms with Crippen LogP contribution in [0.5, 0.6) is 0 Å². The Morgan fingerprint density at radius 1 is 0.947 bits per heavy atom. The summed E-state index contributed by atoms with van der Waals surface area (Å²) in [6.45, 7) is 1.68. The van der Waals surface area contributed by atoms with Crippen molar-refractivity contribution in [3.05, 3.63) is 65.7 Å². The van der Waals surface area contributed by atoms with Gasteiger partial charge in [-0.05, 0) is 24.6 Å². The average Bonchev–Trinajstić information content (AvgIpc) is 2.43. The van der Waals surface area contributed by atoms with Gasteiger partial charge in [0.2, 0.25) is 0 Å². The fourth-order valence-electron chi connectivity index (χ4n) is 2.17. The molecular weight excluding hydrogens is 244 g/mol. The smallest absolute Gasteiger partial charge is 0.153 e. The second-order valence-corrected chi connectivity index (χ2v) is 4.43. The van der Waals surface area contributed by atoms with Gasteiger partial charge in [0.15, 0.2) is 5.82 Å². The van der Waals surface area contributed by atoms with Crippen LogP contribution in [-0.2, 0) is 0 Å². The highest BCUT2D eigenvalue weighted by Crippen LogP contribution is 2.28. The first-order chi connectivity index (χ1) is 9.16. The Morgan fingerprint density at radius 2 is 1.68 bits per heavy atom. The first kappa shape index (κ1) is 11.8. The second-order valence-electron chi connectivity index (χ2n) is 4.43. The third kappa shape index (κ3) is 1.97. The third-order valence-electron chi connectivity index (χ3n) is 3.18. The lowest BCUT2D eigenvalue weighted by Gasteiger charge is -2.09. The molecule has 94 valence electrons. The maximum absolute atomic E-state index is 14.4. The van der Waals surface area contributed by atoms with Gasteiger partial charge in [0.05, 0.1) is 5.52 Å². The van der Waals surface area contributed by atoms with Gasteiger partial charge in [0, 0.05) is 17.0 Å². The lowest BCUT2D eigenvalue weighted by atomic mass is 10.0. The Kier molecular flexibility index (Phi) is 2.75. The summed E-state index contributed by atoms with van der Waals surface area (Å²) in [7, 11) is 0. The van der Waals surface area contributed by atoms with E-state index in [1.165, 1.54) is 12.1 Å². The van der Waals surface area contributed by atoms with Crippen LogP contribution in [0.15, 0.2) is 48.5 Å². The van der Waals surface area contributed by atoms with Gasteiger partial charge in [0.25, 0.3) is 0 Å². The van der Waals surface area contributed by atoms with Crippen LogP contribution < -0.4 is 0 Å². The quantitative estimate of drug-likeness (QED) is 0.624. The highest BCUT2D eigenvalue weighted by molar-refractivity contribution is 5.85. The lowest BCUT2D eigenvalue weighted by Crippen LogP contribution is -1.96. The van der Waals surface area contributed by atoms with E-state index in [1.54, 1.807) is 25.1 Å². The topological polar surface area (TPSA) is 12.9 Å². The van der Waals surface area contributed by atoms with Crippen molar-refractivity contribution in [3.8, 4) is 11.3 Å². The van der Waals surface area contributed by atoms with E-state index in [0.29, 0.717) is 22.0 Å². The van der Waals surface area contributed by atoms with Crippen LogP contribution in [0.25, 0.3) is 22.2 Å². The van der Waals surface area contributed by atoms with Crippen molar-refractivity contribution in [2.24, 2.45) is 0 Å². The summed E-state index contributed by atoms with van der Waals surface area (Å²) >= 11 is 0. The number of benzene rings is 2. The largest absolute Gasteiger partial charge is 0.245 e. The Labute approximate surface area is 109 Å². The molecule has 0 bridgehead atoms. The van der Waals surface area contributed by atoms with E-state index >= 15 is 0 Å². The van der Waals surface area contributed by atoms with Crippen molar-refractivity contribution in [1.29, 1.82) is 0 Å². The zero-order valence-corrected chi connectivity index (χ0v) is 10.3. The third-order valence-corrected chi connectivity index (χ3v) is 3.18. The van der Waals surface area contributed by atoms with Crippen LogP contribution in [0.1, 0.15) is 5.56 Å². The molecule has 1 aromatic heterocycles. The van der Waals surface area contributed by atoms with Crippen LogP contribution in [-0.4, -0.2) is 4.98 Å². The molecular formula is C16H11F2N. The number of hydrogen-bond acceptors (Lipinski definition) is 1. The molecule has 19 heavy (non-hydrogen) atoms. The van der Waals surface area contributed by atoms with Crippen molar-refractivity contribution >= 4 is 10.9 Å². The number of aryl methyl sites for hydroxylation is 1. The highest BCUT2D eigenvalue weighted by atomic mass is 19.1. The van der Waals surface area contributed by atoms with Crippen molar-refractivity contribution in [2.45, 2.75) is 6.92 Å². The Balaban J connectivity index is 2.35. The summed E-state index contributed by atoms with van der Waals surface area (Å²) in [5.74, 6) is -0.727. The van der Waals surface area contributed by atoms with Gasteiger partial charge in [-0.15, -0.1) is 0 Å². The molecule has 0 aliphatic carbocycles. The van der Waals surface area contributed by atoms with Gasteiger partial charge in [-0.1, -0.05) is 30.3 Å². The van der Waals surface area contributed by atoms with Gasteiger partial charge in [-0.2, -0.15) is 0 Å². The van der Waals surface area contributed by atoms with Crippen molar-refractivity contribution in [1.82, 2.24) is 4.98 Å². The minimum absolute atomic E-state index is 0.260. The van der Waals surface area contributed by atoms with Crippen LogP contribution >= 0.6 is 0 Å². The van der Waals surface area contributed by atoms with Crippen molar-refractivity contribution in [2.75, 3.05) is 0 Å². The summed E-state index contributed by atoms with van der Waals surface area (Å²) in [6.07, 6.45) is 0. The molecule has 3 aromatic rings. The normalized spacial score (nSPS) is 10.9. The molecule has 0 aliphatic heterocycles. The Bertz CT molecular complexity index is 752. The predicted molar refractivity (Wildman–Crippen MR) is 71.8 cm³/mol. The molecule has 0 fully saturated rings. The van der Waals surface area contributed by atoms with Crippen molar-refractivity contribution in [3.63, 3.8) is 0 Å². The summed E-state index contributed by atoms with van der Waals surface area (Å²) in [6, 6.07) is 13.3. The van der Waals surface area contributed by atoms with E-state index in [-0.39, 0.29) is 17.3 Å². The molecule has 3 heteroatoms. The van der Waals surface area contributed by atoms with E-state index < -0.39 is 0 Å². The van der Waals surface area contributed by atoms with E-state index in [1.807, 2.05) is 18.2 Å². The number of nitrogens with zero attached hydrogens (tertiary/aromatic N) is 1. The van der Waals surface area contributed by atoms with Crippen molar-refractivity contribution < 1.29 is 8.78 Å². The predicted octanol–water partition coefficient (Wildman–Crippen LogP) is 4.49. The standard InChI is InChI=1S/C16H11F2N/c1-10-13-8-7-12(17)9-14(13)19-16(15(10)18)11-5-3-2-4-6-11/h2-9H,1H3. The molecule has 0 aliphatic rings. The monoisotopic (exact) mass is 255 g/mol. The maximum atomic E-state index is 14.4. The number of aromatic nitrogens is 1. The van der Waals surface area contributed by atoms with Crippen LogP contribution in [0.2, 0.25) is 0 Å². The number of rotatable bonds is 1. The molecule has 1 nitrogen and oxygen atoms in total. The van der Waals surface area contributed by atoms with E-state index in [9.17, 15) is 8.78 Å². The van der Waals surface area contributed by atoms with Crippen LogP contribution in [0.3, 0.4) is 0 Å². The number of halogens is 2. The first-order valence-electron chi connectivity index (χ1n) is 5.97. The second kappa shape index (κ2) is 4.43. The SMILES string of the molecule is Cc1c(F)c(-c2ccccc2)nc2cc(F)ccc12. The maximum Gasteiger partial charge on any atom is 0.153 e. The highest BCUT2D eigenvalue weighted by Gasteiger charge is 2.13. The van der Waals surface area contributed by atoms with E-state index in [0.717, 1.165) is 0 Å². The molecule has 0 atom stereocenters. The molecule has 0 saturated carbocycles. The molecule has 0 N–H and O–H groups in total. The summed E-state index contributed by atoms with van der Waals surface area (Å²) in [4.78, 5) is 4.25. The molecule has 0 amide bonds.